The predicted octanol–water partition coefficient (Wildman–Crippen LogP) is 4.36. The average molecular weight is 353 g/mol. The first-order valence-corrected chi connectivity index (χ1v) is 9.01. The molecule has 128 valence electrons. The molecule has 1 fully saturated rings. The van der Waals surface area contributed by atoms with Gasteiger partial charge in [-0.15, -0.1) is 0 Å². The van der Waals surface area contributed by atoms with Crippen molar-refractivity contribution in [2.24, 2.45) is 0 Å². The van der Waals surface area contributed by atoms with Crippen LogP contribution in [0.15, 0.2) is 59.5 Å². The molecule has 2 aromatic rings. The molecule has 1 aliphatic rings. The van der Waals surface area contributed by atoms with Crippen LogP contribution in [0.4, 0.5) is 4.79 Å². The number of carbonyl (C=O) groups is 2. The van der Waals surface area contributed by atoms with Crippen LogP contribution in [-0.4, -0.2) is 29.2 Å². The van der Waals surface area contributed by atoms with Crippen molar-refractivity contribution in [1.29, 1.82) is 0 Å². The standard InChI is InChI=1S/C20H19NO3S/c1-2-24-17-10-6-9-16(13-17)14-18-19(22)21(20(23)25-18)12-11-15-7-4-3-5-8-15/h3-10,13-14H,2,11-12H2,1H3/b18-14-. The zero-order valence-corrected chi connectivity index (χ0v) is 14.8. The molecule has 1 saturated heterocycles. The summed E-state index contributed by atoms with van der Waals surface area (Å²) in [6.45, 7) is 2.90. The fourth-order valence-corrected chi connectivity index (χ4v) is 3.46. The molecule has 2 aromatic carbocycles. The quantitative estimate of drug-likeness (QED) is 0.724. The number of carbonyl (C=O) groups excluding carboxylic acids is 2. The number of amides is 2. The maximum Gasteiger partial charge on any atom is 0.293 e. The Morgan fingerprint density at radius 3 is 2.64 bits per heavy atom. The highest BCUT2D eigenvalue weighted by Gasteiger charge is 2.34. The number of hydrogen-bond acceptors (Lipinski definition) is 4. The minimum atomic E-state index is -0.229. The Balaban J connectivity index is 1.71. The van der Waals surface area contributed by atoms with Crippen LogP contribution in [0.1, 0.15) is 18.1 Å². The van der Waals surface area contributed by atoms with Crippen molar-refractivity contribution in [3.05, 3.63) is 70.6 Å². The molecule has 0 saturated carbocycles. The lowest BCUT2D eigenvalue weighted by molar-refractivity contribution is -0.122. The number of imide groups is 1. The van der Waals surface area contributed by atoms with E-state index in [1.54, 1.807) is 6.08 Å². The van der Waals surface area contributed by atoms with Crippen LogP contribution in [-0.2, 0) is 11.2 Å². The van der Waals surface area contributed by atoms with Gasteiger partial charge in [0.1, 0.15) is 5.75 Å². The molecule has 25 heavy (non-hydrogen) atoms. The van der Waals surface area contributed by atoms with Crippen LogP contribution < -0.4 is 4.74 Å². The van der Waals surface area contributed by atoms with Crippen LogP contribution in [0.5, 0.6) is 5.75 Å². The Morgan fingerprint density at radius 2 is 1.88 bits per heavy atom. The van der Waals surface area contributed by atoms with Crippen molar-refractivity contribution in [1.82, 2.24) is 4.90 Å². The second kappa shape index (κ2) is 8.03. The lowest BCUT2D eigenvalue weighted by Gasteiger charge is -2.12. The zero-order valence-electron chi connectivity index (χ0n) is 14.0. The number of rotatable bonds is 6. The molecule has 0 unspecified atom stereocenters. The molecule has 3 rings (SSSR count). The van der Waals surface area contributed by atoms with Gasteiger partial charge < -0.3 is 4.74 Å². The molecule has 0 bridgehead atoms. The Hall–Kier alpha value is -2.53. The highest BCUT2D eigenvalue weighted by Crippen LogP contribution is 2.32. The van der Waals surface area contributed by atoms with Crippen molar-refractivity contribution >= 4 is 29.0 Å². The van der Waals surface area contributed by atoms with Gasteiger partial charge in [0.05, 0.1) is 11.5 Å². The Bertz CT molecular complexity index is 802. The molecule has 1 heterocycles. The molecular weight excluding hydrogens is 334 g/mol. The molecule has 0 spiro atoms. The number of nitrogens with zero attached hydrogens (tertiary/aromatic N) is 1. The Kier molecular flexibility index (Phi) is 5.56. The van der Waals surface area contributed by atoms with Gasteiger partial charge in [0, 0.05) is 6.54 Å². The molecule has 0 atom stereocenters. The number of ether oxygens (including phenoxy) is 1. The van der Waals surface area contributed by atoms with Gasteiger partial charge in [-0.1, -0.05) is 42.5 Å². The third kappa shape index (κ3) is 4.31. The molecule has 0 radical (unpaired) electrons. The van der Waals surface area contributed by atoms with Gasteiger partial charge in [-0.25, -0.2) is 0 Å². The van der Waals surface area contributed by atoms with Crippen molar-refractivity contribution in [2.75, 3.05) is 13.2 Å². The largest absolute Gasteiger partial charge is 0.494 e. The summed E-state index contributed by atoms with van der Waals surface area (Å²) >= 11 is 0.989. The fourth-order valence-electron chi connectivity index (χ4n) is 2.59. The summed E-state index contributed by atoms with van der Waals surface area (Å²) in [5.74, 6) is 0.521. The van der Waals surface area contributed by atoms with Gasteiger partial charge in [-0.2, -0.15) is 0 Å². The highest BCUT2D eigenvalue weighted by atomic mass is 32.2. The lowest BCUT2D eigenvalue weighted by atomic mass is 10.1. The van der Waals surface area contributed by atoms with E-state index in [0.29, 0.717) is 24.5 Å². The molecule has 4 nitrogen and oxygen atoms in total. The van der Waals surface area contributed by atoms with Gasteiger partial charge in [0.15, 0.2) is 0 Å². The molecule has 0 aliphatic carbocycles. The number of thioether (sulfide) groups is 1. The van der Waals surface area contributed by atoms with E-state index in [2.05, 4.69) is 0 Å². The highest BCUT2D eigenvalue weighted by molar-refractivity contribution is 8.18. The van der Waals surface area contributed by atoms with Crippen LogP contribution in [0.25, 0.3) is 6.08 Å². The summed E-state index contributed by atoms with van der Waals surface area (Å²) in [5.41, 5.74) is 1.95. The monoisotopic (exact) mass is 353 g/mol. The second-order valence-electron chi connectivity index (χ2n) is 5.57. The van der Waals surface area contributed by atoms with Gasteiger partial charge >= 0.3 is 0 Å². The van der Waals surface area contributed by atoms with Crippen LogP contribution >= 0.6 is 11.8 Å². The van der Waals surface area contributed by atoms with E-state index in [-0.39, 0.29) is 11.1 Å². The van der Waals surface area contributed by atoms with E-state index in [1.165, 1.54) is 4.90 Å². The lowest BCUT2D eigenvalue weighted by Crippen LogP contribution is -2.30. The van der Waals surface area contributed by atoms with E-state index < -0.39 is 0 Å². The number of hydrogen-bond donors (Lipinski definition) is 0. The van der Waals surface area contributed by atoms with Crippen LogP contribution in [0.3, 0.4) is 0 Å². The SMILES string of the molecule is CCOc1cccc(/C=C2\SC(=O)N(CCc3ccccc3)C2=O)c1. The first kappa shape index (κ1) is 17.3. The summed E-state index contributed by atoms with van der Waals surface area (Å²) in [6.07, 6.45) is 2.40. The molecule has 2 amide bonds. The average Bonchev–Trinajstić information content (AvgIpc) is 2.88. The van der Waals surface area contributed by atoms with Crippen molar-refractivity contribution in [3.63, 3.8) is 0 Å². The summed E-state index contributed by atoms with van der Waals surface area (Å²) in [7, 11) is 0. The minimum absolute atomic E-state index is 0.215. The van der Waals surface area contributed by atoms with Crippen LogP contribution in [0.2, 0.25) is 0 Å². The summed E-state index contributed by atoms with van der Waals surface area (Å²) in [4.78, 5) is 26.5. The number of benzene rings is 2. The van der Waals surface area contributed by atoms with Crippen molar-refractivity contribution in [2.45, 2.75) is 13.3 Å². The first-order chi connectivity index (χ1) is 12.2. The van der Waals surface area contributed by atoms with E-state index in [9.17, 15) is 9.59 Å². The van der Waals surface area contributed by atoms with Gasteiger partial charge in [0.25, 0.3) is 11.1 Å². The van der Waals surface area contributed by atoms with Crippen molar-refractivity contribution < 1.29 is 14.3 Å². The van der Waals surface area contributed by atoms with E-state index in [4.69, 9.17) is 4.74 Å². The van der Waals surface area contributed by atoms with Gasteiger partial charge in [-0.3, -0.25) is 14.5 Å². The predicted molar refractivity (Wildman–Crippen MR) is 100 cm³/mol. The Morgan fingerprint density at radius 1 is 1.08 bits per heavy atom. The summed E-state index contributed by atoms with van der Waals surface area (Å²) in [5, 5.41) is -0.215. The molecule has 0 aromatic heterocycles. The normalized spacial score (nSPS) is 15.9. The van der Waals surface area contributed by atoms with Crippen molar-refractivity contribution in [3.8, 4) is 5.75 Å². The zero-order chi connectivity index (χ0) is 17.6. The fraction of sp³-hybridized carbons (Fsp3) is 0.200. The minimum Gasteiger partial charge on any atom is -0.494 e. The topological polar surface area (TPSA) is 46.6 Å². The first-order valence-electron chi connectivity index (χ1n) is 8.19. The maximum atomic E-state index is 12.5. The van der Waals surface area contributed by atoms with E-state index in [1.807, 2.05) is 61.5 Å². The van der Waals surface area contributed by atoms with E-state index >= 15 is 0 Å². The van der Waals surface area contributed by atoms with Gasteiger partial charge in [-0.05, 0) is 54.4 Å². The summed E-state index contributed by atoms with van der Waals surface area (Å²) < 4.78 is 5.47. The van der Waals surface area contributed by atoms with Crippen LogP contribution in [0, 0.1) is 0 Å². The maximum absolute atomic E-state index is 12.5. The second-order valence-corrected chi connectivity index (χ2v) is 6.57. The molecule has 1 aliphatic heterocycles. The third-order valence-corrected chi connectivity index (χ3v) is 4.71. The smallest absolute Gasteiger partial charge is 0.293 e. The van der Waals surface area contributed by atoms with E-state index in [0.717, 1.165) is 28.6 Å². The summed E-state index contributed by atoms with van der Waals surface area (Å²) in [6, 6.07) is 17.3. The molecule has 5 heteroatoms. The molecule has 0 N–H and O–H groups in total. The molecular formula is C20H19NO3S. The Labute approximate surface area is 151 Å². The van der Waals surface area contributed by atoms with Gasteiger partial charge in [0.2, 0.25) is 0 Å². The third-order valence-electron chi connectivity index (χ3n) is 3.81.